The highest BCUT2D eigenvalue weighted by atomic mass is 16.5. The number of fused-ring (bicyclic) bond motifs is 1. The number of amides is 1. The van der Waals surface area contributed by atoms with E-state index in [-0.39, 0.29) is 12.0 Å². The number of hydrogen-bond donors (Lipinski definition) is 1. The van der Waals surface area contributed by atoms with Crippen molar-refractivity contribution in [3.8, 4) is 6.07 Å². The molecule has 0 fully saturated rings. The zero-order valence-corrected chi connectivity index (χ0v) is 15.9. The van der Waals surface area contributed by atoms with Gasteiger partial charge in [0.25, 0.3) is 11.5 Å². The van der Waals surface area contributed by atoms with E-state index in [0.717, 1.165) is 0 Å². The number of rotatable bonds is 5. The number of carbonyl (C=O) groups excluding carboxylic acids is 2. The number of nitrogens with one attached hydrogen (secondary N) is 1. The Labute approximate surface area is 166 Å². The molecule has 0 aliphatic carbocycles. The molecule has 1 N–H and O–H groups in total. The first-order valence-electron chi connectivity index (χ1n) is 8.85. The average Bonchev–Trinajstić information content (AvgIpc) is 2.72. The largest absolute Gasteiger partial charge is 0.452 e. The topological polar surface area (TPSA) is 114 Å². The van der Waals surface area contributed by atoms with Crippen LogP contribution in [0, 0.1) is 11.3 Å². The molecule has 1 atom stereocenters. The van der Waals surface area contributed by atoms with Crippen LogP contribution in [0.5, 0.6) is 0 Å². The van der Waals surface area contributed by atoms with E-state index < -0.39 is 18.0 Å². The van der Waals surface area contributed by atoms with E-state index in [1.54, 1.807) is 48.5 Å². The van der Waals surface area contributed by atoms with Crippen LogP contribution in [0.1, 0.15) is 18.2 Å². The summed E-state index contributed by atoms with van der Waals surface area (Å²) in [5, 5.41) is 16.8. The maximum absolute atomic E-state index is 12.4. The van der Waals surface area contributed by atoms with Crippen LogP contribution in [0.25, 0.3) is 10.8 Å². The molecule has 0 spiro atoms. The summed E-state index contributed by atoms with van der Waals surface area (Å²) in [5.74, 6) is -1.21. The first-order valence-corrected chi connectivity index (χ1v) is 8.85. The van der Waals surface area contributed by atoms with Gasteiger partial charge in [0.05, 0.1) is 28.8 Å². The van der Waals surface area contributed by atoms with E-state index in [1.807, 2.05) is 6.07 Å². The zero-order chi connectivity index (χ0) is 21.0. The maximum atomic E-state index is 12.4. The zero-order valence-electron chi connectivity index (χ0n) is 15.9. The first-order chi connectivity index (χ1) is 13.9. The van der Waals surface area contributed by atoms with Gasteiger partial charge in [-0.25, -0.2) is 4.68 Å². The van der Waals surface area contributed by atoms with Crippen LogP contribution < -0.4 is 10.9 Å². The second kappa shape index (κ2) is 8.35. The van der Waals surface area contributed by atoms with Crippen LogP contribution in [0.4, 0.5) is 5.69 Å². The lowest BCUT2D eigenvalue weighted by molar-refractivity contribution is -0.152. The Balaban J connectivity index is 1.72. The van der Waals surface area contributed by atoms with Gasteiger partial charge in [0.2, 0.25) is 0 Å². The predicted molar refractivity (Wildman–Crippen MR) is 106 cm³/mol. The summed E-state index contributed by atoms with van der Waals surface area (Å²) >= 11 is 0. The molecule has 0 saturated heterocycles. The van der Waals surface area contributed by atoms with Crippen LogP contribution >= 0.6 is 0 Å². The molecule has 3 rings (SSSR count). The van der Waals surface area contributed by atoms with Gasteiger partial charge in [0.1, 0.15) is 6.07 Å². The smallest absolute Gasteiger partial charge is 0.312 e. The van der Waals surface area contributed by atoms with Gasteiger partial charge in [-0.2, -0.15) is 10.4 Å². The van der Waals surface area contributed by atoms with E-state index in [2.05, 4.69) is 10.4 Å². The minimum atomic E-state index is -1.08. The third-order valence-electron chi connectivity index (χ3n) is 4.33. The Morgan fingerprint density at radius 3 is 2.55 bits per heavy atom. The fourth-order valence-corrected chi connectivity index (χ4v) is 2.86. The lowest BCUT2D eigenvalue weighted by Gasteiger charge is -2.14. The van der Waals surface area contributed by atoms with Gasteiger partial charge < -0.3 is 10.1 Å². The van der Waals surface area contributed by atoms with Crippen molar-refractivity contribution in [3.63, 3.8) is 0 Å². The molecule has 0 bridgehead atoms. The Kier molecular flexibility index (Phi) is 5.69. The third-order valence-corrected chi connectivity index (χ3v) is 4.33. The van der Waals surface area contributed by atoms with Gasteiger partial charge in [-0.1, -0.05) is 30.3 Å². The molecular formula is C21H18N4O4. The van der Waals surface area contributed by atoms with Gasteiger partial charge in [-0.05, 0) is 25.1 Å². The molecule has 146 valence electrons. The quantitative estimate of drug-likeness (QED) is 0.666. The van der Waals surface area contributed by atoms with Crippen molar-refractivity contribution in [2.75, 3.05) is 5.32 Å². The highest BCUT2D eigenvalue weighted by molar-refractivity contribution is 5.96. The summed E-state index contributed by atoms with van der Waals surface area (Å²) in [6, 6.07) is 15.4. The van der Waals surface area contributed by atoms with Crippen LogP contribution in [0.2, 0.25) is 0 Å². The van der Waals surface area contributed by atoms with Crippen LogP contribution in [-0.4, -0.2) is 27.8 Å². The minimum absolute atomic E-state index is 0.193. The number of hydrogen-bond acceptors (Lipinski definition) is 6. The Morgan fingerprint density at radius 1 is 1.17 bits per heavy atom. The number of esters is 1. The predicted octanol–water partition coefficient (Wildman–Crippen LogP) is 1.92. The molecule has 0 saturated carbocycles. The van der Waals surface area contributed by atoms with E-state index in [9.17, 15) is 14.4 Å². The highest BCUT2D eigenvalue weighted by Gasteiger charge is 2.20. The van der Waals surface area contributed by atoms with Crippen molar-refractivity contribution >= 4 is 28.3 Å². The number of para-hydroxylation sites is 1. The summed E-state index contributed by atoms with van der Waals surface area (Å²) in [4.78, 5) is 36.8. The third kappa shape index (κ3) is 4.30. The van der Waals surface area contributed by atoms with Crippen molar-refractivity contribution in [2.24, 2.45) is 7.05 Å². The number of nitrogens with zero attached hydrogens (tertiary/aromatic N) is 3. The Morgan fingerprint density at radius 2 is 1.83 bits per heavy atom. The van der Waals surface area contributed by atoms with Crippen molar-refractivity contribution in [3.05, 3.63) is 70.1 Å². The van der Waals surface area contributed by atoms with Crippen LogP contribution in [0.15, 0.2) is 53.3 Å². The molecule has 0 radical (unpaired) electrons. The summed E-state index contributed by atoms with van der Waals surface area (Å²) in [6.45, 7) is 1.44. The van der Waals surface area contributed by atoms with Crippen LogP contribution in [-0.2, 0) is 27.8 Å². The fourth-order valence-electron chi connectivity index (χ4n) is 2.86. The molecule has 0 aliphatic heterocycles. The average molecular weight is 390 g/mol. The number of ether oxygens (including phenoxy) is 1. The summed E-state index contributed by atoms with van der Waals surface area (Å²) < 4.78 is 6.39. The molecule has 3 aromatic rings. The van der Waals surface area contributed by atoms with E-state index in [1.165, 1.54) is 18.7 Å². The molecule has 1 unspecified atom stereocenters. The normalized spacial score (nSPS) is 11.5. The van der Waals surface area contributed by atoms with Crippen molar-refractivity contribution in [2.45, 2.75) is 19.4 Å². The highest BCUT2D eigenvalue weighted by Crippen LogP contribution is 2.16. The lowest BCUT2D eigenvalue weighted by Crippen LogP contribution is -2.31. The second-order valence-corrected chi connectivity index (χ2v) is 6.38. The molecule has 1 heterocycles. The number of aryl methyl sites for hydroxylation is 1. The summed E-state index contributed by atoms with van der Waals surface area (Å²) in [5.41, 5.74) is 0.769. The van der Waals surface area contributed by atoms with E-state index in [4.69, 9.17) is 10.00 Å². The molecule has 1 aromatic heterocycles. The summed E-state index contributed by atoms with van der Waals surface area (Å²) in [6.07, 6.45) is -1.27. The molecular weight excluding hydrogens is 372 g/mol. The molecule has 8 heteroatoms. The van der Waals surface area contributed by atoms with Crippen molar-refractivity contribution in [1.82, 2.24) is 9.78 Å². The van der Waals surface area contributed by atoms with Crippen LogP contribution in [0.3, 0.4) is 0 Å². The Hall–Kier alpha value is -3.99. The molecule has 29 heavy (non-hydrogen) atoms. The number of aromatic nitrogens is 2. The second-order valence-electron chi connectivity index (χ2n) is 6.38. The number of benzene rings is 2. The lowest BCUT2D eigenvalue weighted by atomic mass is 10.1. The van der Waals surface area contributed by atoms with Gasteiger partial charge in [0, 0.05) is 12.4 Å². The molecule has 0 aliphatic rings. The number of nitriles is 1. The molecule has 1 amide bonds. The Bertz CT molecular complexity index is 1190. The van der Waals surface area contributed by atoms with Gasteiger partial charge in [-0.3, -0.25) is 14.4 Å². The van der Waals surface area contributed by atoms with E-state index >= 15 is 0 Å². The van der Waals surface area contributed by atoms with Crippen molar-refractivity contribution < 1.29 is 14.3 Å². The monoisotopic (exact) mass is 390 g/mol. The number of anilines is 1. The SMILES string of the molecule is CC(OC(=O)Cc1nn(C)c(=O)c2ccccc12)C(=O)Nc1ccccc1C#N. The standard InChI is InChI=1S/C21H18N4O4/c1-13(20(27)23-17-10-6-3-7-14(17)12-22)29-19(26)11-18-15-8-4-5-9-16(15)21(28)25(2)24-18/h3-10,13H,11H2,1-2H3,(H,23,27). The van der Waals surface area contributed by atoms with Gasteiger partial charge in [0.15, 0.2) is 6.10 Å². The van der Waals surface area contributed by atoms with E-state index in [0.29, 0.717) is 27.7 Å². The minimum Gasteiger partial charge on any atom is -0.452 e. The maximum Gasteiger partial charge on any atom is 0.312 e. The molecule has 8 nitrogen and oxygen atoms in total. The fraction of sp³-hybridized carbons (Fsp3) is 0.190. The number of carbonyl (C=O) groups is 2. The van der Waals surface area contributed by atoms with Gasteiger partial charge in [-0.15, -0.1) is 0 Å². The van der Waals surface area contributed by atoms with Crippen molar-refractivity contribution in [1.29, 1.82) is 5.26 Å². The summed E-state index contributed by atoms with van der Waals surface area (Å²) in [7, 11) is 1.51. The first kappa shape index (κ1) is 19.8. The van der Waals surface area contributed by atoms with Gasteiger partial charge >= 0.3 is 5.97 Å². The molecule has 2 aromatic carbocycles.